The highest BCUT2D eigenvalue weighted by Crippen LogP contribution is 2.69. The van der Waals surface area contributed by atoms with E-state index in [4.69, 9.17) is 9.47 Å². The number of piperidine rings is 1. The monoisotopic (exact) mass is 444 g/mol. The molecule has 1 saturated carbocycles. The van der Waals surface area contributed by atoms with Crippen LogP contribution in [-0.4, -0.2) is 53.9 Å². The summed E-state index contributed by atoms with van der Waals surface area (Å²) in [7, 11) is 2.97. The van der Waals surface area contributed by atoms with Gasteiger partial charge in [0.15, 0.2) is 0 Å². The second-order valence-corrected chi connectivity index (χ2v) is 8.75. The van der Waals surface area contributed by atoms with Crippen LogP contribution in [0.25, 0.3) is 10.9 Å². The lowest BCUT2D eigenvalue weighted by Gasteiger charge is -2.34. The van der Waals surface area contributed by atoms with Crippen LogP contribution in [0.1, 0.15) is 35.2 Å². The summed E-state index contributed by atoms with van der Waals surface area (Å²) in [5.41, 5.74) is 1.14. The van der Waals surface area contributed by atoms with Gasteiger partial charge in [-0.3, -0.25) is 9.59 Å². The van der Waals surface area contributed by atoms with Gasteiger partial charge in [-0.15, -0.1) is 0 Å². The normalized spacial score (nSPS) is 20.9. The maximum absolute atomic E-state index is 13.2. The van der Waals surface area contributed by atoms with Gasteiger partial charge in [-0.2, -0.15) is 5.26 Å². The molecule has 2 fully saturated rings. The molecule has 33 heavy (non-hydrogen) atoms. The lowest BCUT2D eigenvalue weighted by Crippen LogP contribution is -2.44. The number of nitrogens with one attached hydrogen (secondary N) is 1. The fourth-order valence-electron chi connectivity index (χ4n) is 5.40. The molecule has 1 saturated heterocycles. The number of Topliss-reactive ketones (excluding diaryl/α,β-unsaturated/α-hetero) is 1. The highest BCUT2D eigenvalue weighted by molar-refractivity contribution is 6.45. The third-order valence-corrected chi connectivity index (χ3v) is 7.34. The molecule has 8 heteroatoms. The summed E-state index contributed by atoms with van der Waals surface area (Å²) in [4.78, 5) is 35.1. The van der Waals surface area contributed by atoms with Gasteiger partial charge in [-0.25, -0.2) is 4.98 Å². The molecular weight excluding hydrogens is 420 g/mol. The minimum atomic E-state index is -0.603. The number of benzene rings is 1. The number of likely N-dealkylation sites (tertiary alicyclic amines) is 1. The van der Waals surface area contributed by atoms with Crippen molar-refractivity contribution < 1.29 is 19.1 Å². The number of nitrogens with zero attached hydrogens (tertiary/aromatic N) is 3. The summed E-state index contributed by atoms with van der Waals surface area (Å²) in [6.07, 6.45) is 5.16. The zero-order valence-electron chi connectivity index (χ0n) is 18.6. The molecule has 2 aromatic heterocycles. The van der Waals surface area contributed by atoms with Gasteiger partial charge in [0.1, 0.15) is 11.3 Å². The van der Waals surface area contributed by atoms with Crippen molar-refractivity contribution in [2.45, 2.75) is 24.7 Å². The summed E-state index contributed by atoms with van der Waals surface area (Å²) in [5, 5.41) is 10.5. The third-order valence-electron chi connectivity index (χ3n) is 7.34. The molecule has 1 unspecified atom stereocenters. The number of aromatic amines is 1. The van der Waals surface area contributed by atoms with Crippen LogP contribution in [0.15, 0.2) is 42.7 Å². The van der Waals surface area contributed by atoms with Gasteiger partial charge in [0.05, 0.1) is 42.9 Å². The number of methoxy groups -OCH3 is 2. The Hall–Kier alpha value is -3.86. The van der Waals surface area contributed by atoms with Gasteiger partial charge >= 0.3 is 0 Å². The molecule has 0 bridgehead atoms. The first kappa shape index (κ1) is 21.0. The van der Waals surface area contributed by atoms with Crippen LogP contribution in [-0.2, 0) is 10.2 Å². The SMILES string of the molecule is COc1ncc(OC)c2c(C(=O)C(=O)N3CCC4(CC3)CC4(C#N)c3ccccc3)c[nH]c12. The molecule has 3 aromatic rings. The van der Waals surface area contributed by atoms with E-state index >= 15 is 0 Å². The fraction of sp³-hybridized carbons (Fsp3) is 0.360. The number of carbonyl (C=O) groups is 2. The molecule has 1 aromatic carbocycles. The Labute approximate surface area is 191 Å². The number of hydrogen-bond acceptors (Lipinski definition) is 6. The smallest absolute Gasteiger partial charge is 0.295 e. The Morgan fingerprint density at radius 2 is 1.88 bits per heavy atom. The summed E-state index contributed by atoms with van der Waals surface area (Å²) >= 11 is 0. The molecule has 2 aliphatic rings. The quantitative estimate of drug-likeness (QED) is 0.478. The van der Waals surface area contributed by atoms with Crippen molar-refractivity contribution in [3.63, 3.8) is 0 Å². The number of fused-ring (bicyclic) bond motifs is 1. The van der Waals surface area contributed by atoms with Gasteiger partial charge in [0.25, 0.3) is 11.7 Å². The largest absolute Gasteiger partial charge is 0.494 e. The summed E-state index contributed by atoms with van der Waals surface area (Å²) in [5.74, 6) is -0.444. The number of carbonyl (C=O) groups excluding carboxylic acids is 2. The first-order chi connectivity index (χ1) is 16.0. The van der Waals surface area contributed by atoms with E-state index in [0.717, 1.165) is 12.0 Å². The number of ketones is 1. The summed E-state index contributed by atoms with van der Waals surface area (Å²) in [6.45, 7) is 0.899. The van der Waals surface area contributed by atoms with E-state index in [0.29, 0.717) is 48.5 Å². The minimum Gasteiger partial charge on any atom is -0.494 e. The van der Waals surface area contributed by atoms with Crippen molar-refractivity contribution >= 4 is 22.6 Å². The van der Waals surface area contributed by atoms with Gasteiger partial charge in [-0.05, 0) is 30.2 Å². The van der Waals surface area contributed by atoms with Crippen molar-refractivity contribution in [2.24, 2.45) is 5.41 Å². The molecule has 1 spiro atoms. The van der Waals surface area contributed by atoms with Crippen LogP contribution in [0, 0.1) is 16.7 Å². The number of nitriles is 1. The maximum atomic E-state index is 13.2. The number of ether oxygens (including phenoxy) is 2. The topological polar surface area (TPSA) is 108 Å². The van der Waals surface area contributed by atoms with Crippen LogP contribution in [0.5, 0.6) is 11.6 Å². The zero-order valence-corrected chi connectivity index (χ0v) is 18.6. The van der Waals surface area contributed by atoms with Crippen LogP contribution in [0.3, 0.4) is 0 Å². The number of hydrogen-bond donors (Lipinski definition) is 1. The van der Waals surface area contributed by atoms with Crippen LogP contribution in [0.2, 0.25) is 0 Å². The minimum absolute atomic E-state index is 0.133. The van der Waals surface area contributed by atoms with E-state index in [1.165, 1.54) is 26.6 Å². The number of H-pyrrole nitrogens is 1. The van der Waals surface area contributed by atoms with E-state index in [-0.39, 0.29) is 11.0 Å². The van der Waals surface area contributed by atoms with Crippen LogP contribution >= 0.6 is 0 Å². The number of aromatic nitrogens is 2. The number of rotatable bonds is 5. The molecule has 1 amide bonds. The molecule has 5 rings (SSSR count). The van der Waals surface area contributed by atoms with Gasteiger partial charge in [0, 0.05) is 19.3 Å². The summed E-state index contributed by atoms with van der Waals surface area (Å²) in [6, 6.07) is 12.4. The van der Waals surface area contributed by atoms with Crippen molar-refractivity contribution in [1.82, 2.24) is 14.9 Å². The Bertz CT molecular complexity index is 1280. The van der Waals surface area contributed by atoms with E-state index < -0.39 is 17.1 Å². The van der Waals surface area contributed by atoms with Crippen molar-refractivity contribution in [3.8, 4) is 17.7 Å². The standard InChI is InChI=1S/C25H24N4O4/c1-32-18-13-28-22(33-2)20-19(18)17(12-27-20)21(30)23(31)29-10-8-24(9-11-29)14-25(24,15-26)16-6-4-3-5-7-16/h3-7,12-13,27H,8-11,14H2,1-2H3. The van der Waals surface area contributed by atoms with Crippen LogP contribution < -0.4 is 9.47 Å². The molecule has 8 nitrogen and oxygen atoms in total. The molecule has 168 valence electrons. The van der Waals surface area contributed by atoms with E-state index in [1.807, 2.05) is 30.3 Å². The number of amides is 1. The maximum Gasteiger partial charge on any atom is 0.295 e. The van der Waals surface area contributed by atoms with Gasteiger partial charge in [0.2, 0.25) is 5.88 Å². The Morgan fingerprint density at radius 3 is 2.52 bits per heavy atom. The highest BCUT2D eigenvalue weighted by Gasteiger charge is 2.69. The van der Waals surface area contributed by atoms with Crippen LogP contribution in [0.4, 0.5) is 0 Å². The molecule has 0 radical (unpaired) electrons. The second kappa shape index (κ2) is 7.62. The lowest BCUT2D eigenvalue weighted by atomic mass is 9.81. The number of pyridine rings is 1. The average Bonchev–Trinajstić information content (AvgIpc) is 3.27. The highest BCUT2D eigenvalue weighted by atomic mass is 16.5. The van der Waals surface area contributed by atoms with E-state index in [1.54, 1.807) is 4.90 Å². The average molecular weight is 444 g/mol. The second-order valence-electron chi connectivity index (χ2n) is 8.75. The van der Waals surface area contributed by atoms with Gasteiger partial charge in [-0.1, -0.05) is 30.3 Å². The fourth-order valence-corrected chi connectivity index (χ4v) is 5.40. The molecule has 1 aliphatic heterocycles. The molecule has 3 heterocycles. The predicted octanol–water partition coefficient (Wildman–Crippen LogP) is 3.24. The molecule has 1 aliphatic carbocycles. The Kier molecular flexibility index (Phi) is 4.85. The molecule has 1 atom stereocenters. The van der Waals surface area contributed by atoms with E-state index in [2.05, 4.69) is 16.0 Å². The summed E-state index contributed by atoms with van der Waals surface area (Å²) < 4.78 is 10.6. The van der Waals surface area contributed by atoms with Crippen molar-refractivity contribution in [2.75, 3.05) is 27.3 Å². The zero-order chi connectivity index (χ0) is 23.2. The Balaban J connectivity index is 1.36. The first-order valence-corrected chi connectivity index (χ1v) is 10.9. The van der Waals surface area contributed by atoms with Gasteiger partial charge < -0.3 is 19.4 Å². The molecule has 1 N–H and O–H groups in total. The first-order valence-electron chi connectivity index (χ1n) is 10.9. The predicted molar refractivity (Wildman–Crippen MR) is 120 cm³/mol. The third kappa shape index (κ3) is 2.99. The lowest BCUT2D eigenvalue weighted by molar-refractivity contribution is -0.128. The Morgan fingerprint density at radius 1 is 1.15 bits per heavy atom. The molecular formula is C25H24N4O4. The van der Waals surface area contributed by atoms with Crippen molar-refractivity contribution in [1.29, 1.82) is 5.26 Å². The van der Waals surface area contributed by atoms with E-state index in [9.17, 15) is 14.9 Å². The van der Waals surface area contributed by atoms with Crippen molar-refractivity contribution in [3.05, 3.63) is 53.9 Å².